The van der Waals surface area contributed by atoms with Gasteiger partial charge in [-0.2, -0.15) is 4.98 Å². The van der Waals surface area contributed by atoms with Gasteiger partial charge in [-0.1, -0.05) is 17.3 Å². The first kappa shape index (κ1) is 17.1. The summed E-state index contributed by atoms with van der Waals surface area (Å²) >= 11 is 0. The Bertz CT molecular complexity index is 718. The van der Waals surface area contributed by atoms with Crippen LogP contribution in [0.4, 0.5) is 10.5 Å². The van der Waals surface area contributed by atoms with Gasteiger partial charge in [-0.25, -0.2) is 4.79 Å². The topological polar surface area (TPSA) is 92.5 Å². The lowest BCUT2D eigenvalue weighted by atomic mass is 10.1. The fraction of sp³-hybridized carbons (Fsp3) is 0.471. The molecule has 1 aromatic heterocycles. The zero-order valence-corrected chi connectivity index (χ0v) is 14.5. The Morgan fingerprint density at radius 2 is 2.24 bits per heavy atom. The average molecular weight is 345 g/mol. The molecule has 1 fully saturated rings. The molecule has 25 heavy (non-hydrogen) atoms. The van der Waals surface area contributed by atoms with E-state index in [1.807, 2.05) is 18.2 Å². The first-order valence-corrected chi connectivity index (χ1v) is 8.34. The summed E-state index contributed by atoms with van der Waals surface area (Å²) in [4.78, 5) is 18.2. The summed E-state index contributed by atoms with van der Waals surface area (Å²) in [5, 5.41) is 9.37. The van der Waals surface area contributed by atoms with Crippen LogP contribution in [-0.4, -0.2) is 42.9 Å². The van der Waals surface area contributed by atoms with Crippen molar-refractivity contribution in [2.75, 3.05) is 31.6 Å². The van der Waals surface area contributed by atoms with Crippen molar-refractivity contribution in [2.24, 2.45) is 5.92 Å². The first-order valence-electron chi connectivity index (χ1n) is 8.34. The molecule has 1 aliphatic rings. The van der Waals surface area contributed by atoms with Crippen molar-refractivity contribution in [3.05, 3.63) is 36.0 Å². The highest BCUT2D eigenvalue weighted by atomic mass is 16.5. The molecule has 134 valence electrons. The average Bonchev–Trinajstić information content (AvgIpc) is 3.27. The number of carbonyl (C=O) groups is 1. The number of amides is 2. The van der Waals surface area contributed by atoms with E-state index in [-0.39, 0.29) is 12.6 Å². The lowest BCUT2D eigenvalue weighted by Gasteiger charge is -2.21. The number of para-hydroxylation sites is 2. The molecule has 8 nitrogen and oxygen atoms in total. The highest BCUT2D eigenvalue weighted by Gasteiger charge is 2.24. The fourth-order valence-electron chi connectivity index (χ4n) is 2.98. The second-order valence-corrected chi connectivity index (χ2v) is 6.07. The fourth-order valence-corrected chi connectivity index (χ4v) is 2.98. The second kappa shape index (κ2) is 7.87. The lowest BCUT2D eigenvalue weighted by Crippen LogP contribution is -2.38. The monoisotopic (exact) mass is 345 g/mol. The molecule has 1 atom stereocenters. The van der Waals surface area contributed by atoms with Crippen molar-refractivity contribution in [3.8, 4) is 5.75 Å². The quantitative estimate of drug-likeness (QED) is 0.828. The normalized spacial score (nSPS) is 16.7. The SMILES string of the molecule is COc1ccccc1N1CCC(CNC(=O)NCc2noc(C)n2)C1. The van der Waals surface area contributed by atoms with Gasteiger partial charge in [-0.05, 0) is 24.5 Å². The van der Waals surface area contributed by atoms with Gasteiger partial charge in [0, 0.05) is 26.6 Å². The number of nitrogens with one attached hydrogen (secondary N) is 2. The minimum atomic E-state index is -0.224. The summed E-state index contributed by atoms with van der Waals surface area (Å²) in [6, 6.07) is 7.78. The molecule has 1 aromatic carbocycles. The number of benzene rings is 1. The predicted octanol–water partition coefficient (Wildman–Crippen LogP) is 1.71. The van der Waals surface area contributed by atoms with Gasteiger partial charge in [0.1, 0.15) is 5.75 Å². The highest BCUT2D eigenvalue weighted by Crippen LogP contribution is 2.31. The van der Waals surface area contributed by atoms with Gasteiger partial charge >= 0.3 is 6.03 Å². The van der Waals surface area contributed by atoms with Gasteiger partial charge in [0.05, 0.1) is 19.3 Å². The number of aromatic nitrogens is 2. The molecule has 3 rings (SSSR count). The van der Waals surface area contributed by atoms with Gasteiger partial charge in [0.2, 0.25) is 5.89 Å². The number of rotatable bonds is 6. The maximum absolute atomic E-state index is 11.9. The minimum absolute atomic E-state index is 0.224. The van der Waals surface area contributed by atoms with E-state index in [1.54, 1.807) is 14.0 Å². The standard InChI is InChI=1S/C17H23N5O3/c1-12-20-16(21-25-12)10-19-17(23)18-9-13-7-8-22(11-13)14-5-3-4-6-15(14)24-2/h3-6,13H,7-11H2,1-2H3,(H2,18,19,23). The third-order valence-electron chi connectivity index (χ3n) is 4.24. The van der Waals surface area contributed by atoms with Crippen LogP contribution in [0.2, 0.25) is 0 Å². The number of hydrogen-bond donors (Lipinski definition) is 2. The molecule has 1 aliphatic heterocycles. The number of hydrogen-bond acceptors (Lipinski definition) is 6. The van der Waals surface area contributed by atoms with Crippen molar-refractivity contribution in [1.29, 1.82) is 0 Å². The summed E-state index contributed by atoms with van der Waals surface area (Å²) in [5.41, 5.74) is 1.10. The molecule has 8 heteroatoms. The van der Waals surface area contributed by atoms with Crippen molar-refractivity contribution in [1.82, 2.24) is 20.8 Å². The van der Waals surface area contributed by atoms with E-state index in [9.17, 15) is 4.79 Å². The summed E-state index contributed by atoms with van der Waals surface area (Å²) in [7, 11) is 1.68. The van der Waals surface area contributed by atoms with E-state index in [2.05, 4.69) is 31.7 Å². The van der Waals surface area contributed by atoms with Crippen molar-refractivity contribution >= 4 is 11.7 Å². The number of carbonyl (C=O) groups excluding carboxylic acids is 1. The molecule has 2 amide bonds. The molecule has 0 aliphatic carbocycles. The molecule has 2 aromatic rings. The van der Waals surface area contributed by atoms with Crippen molar-refractivity contribution in [2.45, 2.75) is 19.9 Å². The smallest absolute Gasteiger partial charge is 0.315 e. The molecule has 2 N–H and O–H groups in total. The molecular weight excluding hydrogens is 322 g/mol. The van der Waals surface area contributed by atoms with Crippen LogP contribution >= 0.6 is 0 Å². The minimum Gasteiger partial charge on any atom is -0.495 e. The van der Waals surface area contributed by atoms with Crippen LogP contribution in [0.3, 0.4) is 0 Å². The first-order chi connectivity index (χ1) is 12.2. The van der Waals surface area contributed by atoms with Gasteiger partial charge in [-0.15, -0.1) is 0 Å². The number of methoxy groups -OCH3 is 1. The molecule has 0 saturated carbocycles. The van der Waals surface area contributed by atoms with Gasteiger partial charge in [-0.3, -0.25) is 0 Å². The number of aryl methyl sites for hydroxylation is 1. The summed E-state index contributed by atoms with van der Waals surface area (Å²) < 4.78 is 10.3. The van der Waals surface area contributed by atoms with E-state index in [1.165, 1.54) is 0 Å². The van der Waals surface area contributed by atoms with E-state index in [4.69, 9.17) is 9.26 Å². The van der Waals surface area contributed by atoms with E-state index < -0.39 is 0 Å². The predicted molar refractivity (Wildman–Crippen MR) is 92.6 cm³/mol. The van der Waals surface area contributed by atoms with Crippen molar-refractivity contribution < 1.29 is 14.1 Å². The Hall–Kier alpha value is -2.77. The lowest BCUT2D eigenvalue weighted by molar-refractivity contribution is 0.238. The van der Waals surface area contributed by atoms with E-state index in [0.29, 0.717) is 24.2 Å². The largest absolute Gasteiger partial charge is 0.495 e. The van der Waals surface area contributed by atoms with Crippen LogP contribution in [0.5, 0.6) is 5.75 Å². The molecular formula is C17H23N5O3. The van der Waals surface area contributed by atoms with Crippen LogP contribution < -0.4 is 20.3 Å². The van der Waals surface area contributed by atoms with Gasteiger partial charge < -0.3 is 24.8 Å². The molecule has 2 heterocycles. The van der Waals surface area contributed by atoms with Gasteiger partial charge in [0.15, 0.2) is 5.82 Å². The zero-order valence-electron chi connectivity index (χ0n) is 14.5. The Kier molecular flexibility index (Phi) is 5.37. The number of anilines is 1. The maximum Gasteiger partial charge on any atom is 0.315 e. The maximum atomic E-state index is 11.9. The molecule has 0 radical (unpaired) electrons. The van der Waals surface area contributed by atoms with E-state index in [0.717, 1.165) is 30.9 Å². The summed E-state index contributed by atoms with van der Waals surface area (Å²) in [6.45, 7) is 4.44. The third kappa shape index (κ3) is 4.40. The molecule has 0 bridgehead atoms. The van der Waals surface area contributed by atoms with E-state index >= 15 is 0 Å². The van der Waals surface area contributed by atoms with Crippen LogP contribution in [0, 0.1) is 12.8 Å². The van der Waals surface area contributed by atoms with Crippen LogP contribution in [0.15, 0.2) is 28.8 Å². The zero-order chi connectivity index (χ0) is 17.6. The highest BCUT2D eigenvalue weighted by molar-refractivity contribution is 5.73. The van der Waals surface area contributed by atoms with Crippen LogP contribution in [0.1, 0.15) is 18.1 Å². The summed E-state index contributed by atoms with van der Waals surface area (Å²) in [6.07, 6.45) is 1.03. The Morgan fingerprint density at radius 1 is 1.40 bits per heavy atom. The van der Waals surface area contributed by atoms with Crippen LogP contribution in [-0.2, 0) is 6.54 Å². The molecule has 1 saturated heterocycles. The van der Waals surface area contributed by atoms with Crippen LogP contribution in [0.25, 0.3) is 0 Å². The Labute approximate surface area is 146 Å². The number of nitrogens with zero attached hydrogens (tertiary/aromatic N) is 3. The number of ether oxygens (including phenoxy) is 1. The Balaban J connectivity index is 1.43. The van der Waals surface area contributed by atoms with Gasteiger partial charge in [0.25, 0.3) is 0 Å². The summed E-state index contributed by atoms with van der Waals surface area (Å²) in [5.74, 6) is 2.24. The third-order valence-corrected chi connectivity index (χ3v) is 4.24. The number of urea groups is 1. The second-order valence-electron chi connectivity index (χ2n) is 6.07. The Morgan fingerprint density at radius 3 is 3.00 bits per heavy atom. The molecule has 1 unspecified atom stereocenters. The van der Waals surface area contributed by atoms with Crippen molar-refractivity contribution in [3.63, 3.8) is 0 Å². The molecule has 0 spiro atoms.